The summed E-state index contributed by atoms with van der Waals surface area (Å²) in [6.07, 6.45) is 1.36. The molecule has 0 bridgehead atoms. The number of benzene rings is 1. The van der Waals surface area contributed by atoms with E-state index >= 15 is 0 Å². The van der Waals surface area contributed by atoms with E-state index in [4.69, 9.17) is 0 Å². The molecule has 0 aliphatic carbocycles. The van der Waals surface area contributed by atoms with Gasteiger partial charge >= 0.3 is 0 Å². The Bertz CT molecular complexity index is 661. The minimum Gasteiger partial charge on any atom is -0.383 e. The molecule has 0 aliphatic rings. The Hall–Kier alpha value is -3.37. The van der Waals surface area contributed by atoms with Crippen molar-refractivity contribution in [1.29, 1.82) is 0 Å². The minimum absolute atomic E-state index is 0.209. The van der Waals surface area contributed by atoms with Gasteiger partial charge in [0.05, 0.1) is 32.5 Å². The maximum Gasteiger partial charge on any atom is 0.291 e. The van der Waals surface area contributed by atoms with Gasteiger partial charge in [0.1, 0.15) is 5.56 Å². The van der Waals surface area contributed by atoms with E-state index in [2.05, 4.69) is 0 Å². The molecule has 11 heteroatoms. The minimum atomic E-state index is -1.01. The highest BCUT2D eigenvalue weighted by molar-refractivity contribution is 6.10. The fourth-order valence-corrected chi connectivity index (χ4v) is 1.72. The van der Waals surface area contributed by atoms with Crippen LogP contribution in [-0.4, -0.2) is 40.1 Å². The van der Waals surface area contributed by atoms with E-state index in [1.54, 1.807) is 0 Å². The van der Waals surface area contributed by atoms with E-state index < -0.39 is 37.4 Å². The van der Waals surface area contributed by atoms with Crippen LogP contribution in [-0.2, 0) is 4.79 Å². The molecule has 0 N–H and O–H groups in total. The molecule has 116 valence electrons. The van der Waals surface area contributed by atoms with E-state index in [1.165, 1.54) is 19.0 Å². The van der Waals surface area contributed by atoms with Crippen molar-refractivity contribution in [2.24, 2.45) is 0 Å². The first-order valence-electron chi connectivity index (χ1n) is 5.64. The quantitative estimate of drug-likeness (QED) is 0.332. The molecule has 0 saturated carbocycles. The molecule has 0 radical (unpaired) electrons. The molecule has 1 rings (SSSR count). The topological polar surface area (TPSA) is 150 Å². The average Bonchev–Trinajstić information content (AvgIpc) is 2.42. The number of aldehydes is 1. The number of carbonyl (C=O) groups is 1. The summed E-state index contributed by atoms with van der Waals surface area (Å²) in [6, 6.07) is 1.16. The third-order valence-corrected chi connectivity index (χ3v) is 2.50. The third kappa shape index (κ3) is 3.39. The largest absolute Gasteiger partial charge is 0.383 e. The second-order valence-corrected chi connectivity index (χ2v) is 4.30. The maximum absolute atomic E-state index is 11.1. The van der Waals surface area contributed by atoms with Crippen LogP contribution in [0, 0.1) is 30.3 Å². The molecule has 0 aliphatic heterocycles. The summed E-state index contributed by atoms with van der Waals surface area (Å²) in [7, 11) is 3.01. The van der Waals surface area contributed by atoms with Gasteiger partial charge in [0.2, 0.25) is 0 Å². The lowest BCUT2D eigenvalue weighted by molar-refractivity contribution is -0.403. The normalized spacial score (nSPS) is 10.9. The monoisotopic (exact) mass is 310 g/mol. The first kappa shape index (κ1) is 16.7. The summed E-state index contributed by atoms with van der Waals surface area (Å²) >= 11 is 0. The lowest BCUT2D eigenvalue weighted by Gasteiger charge is -2.08. The van der Waals surface area contributed by atoms with Gasteiger partial charge in [-0.05, 0) is 0 Å². The highest BCUT2D eigenvalue weighted by Gasteiger charge is 2.32. The van der Waals surface area contributed by atoms with Gasteiger partial charge in [-0.3, -0.25) is 35.1 Å². The van der Waals surface area contributed by atoms with E-state index in [-0.39, 0.29) is 11.9 Å². The summed E-state index contributed by atoms with van der Waals surface area (Å²) in [5, 5.41) is 32.9. The van der Waals surface area contributed by atoms with Gasteiger partial charge in [0.15, 0.2) is 6.29 Å². The lowest BCUT2D eigenvalue weighted by atomic mass is 10.0. The van der Waals surface area contributed by atoms with Crippen molar-refractivity contribution in [3.8, 4) is 0 Å². The van der Waals surface area contributed by atoms with Crippen LogP contribution in [0.15, 0.2) is 18.3 Å². The summed E-state index contributed by atoms with van der Waals surface area (Å²) in [5.41, 5.74) is -3.50. The Morgan fingerprint density at radius 2 is 1.45 bits per heavy atom. The number of allylic oxidation sites excluding steroid dienone is 1. The van der Waals surface area contributed by atoms with Crippen molar-refractivity contribution >= 4 is 28.9 Å². The van der Waals surface area contributed by atoms with E-state index in [1.807, 2.05) is 0 Å². The zero-order valence-electron chi connectivity index (χ0n) is 11.5. The zero-order valence-corrected chi connectivity index (χ0v) is 11.5. The molecule has 0 atom stereocenters. The molecule has 0 aromatic heterocycles. The Kier molecular flexibility index (Phi) is 4.84. The highest BCUT2D eigenvalue weighted by atomic mass is 16.6. The van der Waals surface area contributed by atoms with Crippen molar-refractivity contribution < 1.29 is 19.6 Å². The Morgan fingerprint density at radius 1 is 1.00 bits per heavy atom. The number of nitro groups is 3. The zero-order chi connectivity index (χ0) is 17.0. The predicted molar refractivity (Wildman–Crippen MR) is 74.1 cm³/mol. The molecular weight excluding hydrogens is 300 g/mol. The van der Waals surface area contributed by atoms with Gasteiger partial charge in [-0.1, -0.05) is 0 Å². The van der Waals surface area contributed by atoms with E-state index in [0.29, 0.717) is 12.1 Å². The Balaban J connectivity index is 3.87. The molecule has 11 nitrogen and oxygen atoms in total. The summed E-state index contributed by atoms with van der Waals surface area (Å²) in [5.74, 6) is 0. The van der Waals surface area contributed by atoms with Crippen LogP contribution in [0.4, 0.5) is 17.1 Å². The van der Waals surface area contributed by atoms with Crippen molar-refractivity contribution in [3.05, 3.63) is 54.2 Å². The first-order chi connectivity index (χ1) is 10.2. The number of hydrogen-bond donors (Lipinski definition) is 0. The molecule has 0 fully saturated rings. The maximum atomic E-state index is 11.1. The van der Waals surface area contributed by atoms with Crippen LogP contribution >= 0.6 is 0 Å². The first-order valence-corrected chi connectivity index (χ1v) is 5.64. The fraction of sp³-hybridized carbons (Fsp3) is 0.182. The van der Waals surface area contributed by atoms with Gasteiger partial charge in [-0.15, -0.1) is 0 Å². The number of nitrogens with zero attached hydrogens (tertiary/aromatic N) is 4. The number of hydrogen-bond acceptors (Lipinski definition) is 8. The highest BCUT2D eigenvalue weighted by Crippen LogP contribution is 2.37. The van der Waals surface area contributed by atoms with Crippen LogP contribution in [0.1, 0.15) is 5.56 Å². The molecule has 0 heterocycles. The van der Waals surface area contributed by atoms with Crippen LogP contribution in [0.5, 0.6) is 0 Å². The molecular formula is C11H10N4O7. The number of nitro benzene ring substituents is 3. The number of rotatable bonds is 6. The standard InChI is InChI=1S/C11H10N4O7/c1-12(2)5-7(6-16)11-9(14(19)20)3-8(13(17)18)4-10(11)15(21)22/h3-6H,1-2H3/b7-5+. The lowest BCUT2D eigenvalue weighted by Crippen LogP contribution is -2.07. The predicted octanol–water partition coefficient (Wildman–Crippen LogP) is 1.51. The van der Waals surface area contributed by atoms with E-state index in [9.17, 15) is 35.1 Å². The molecule has 0 unspecified atom stereocenters. The van der Waals surface area contributed by atoms with Crippen molar-refractivity contribution in [2.75, 3.05) is 14.1 Å². The number of non-ortho nitro benzene ring substituents is 1. The molecule has 0 amide bonds. The SMILES string of the molecule is CN(C)/C=C(\C=O)c1c([N+](=O)[O-])cc([N+](=O)[O-])cc1[N+](=O)[O-]. The molecule has 22 heavy (non-hydrogen) atoms. The molecule has 1 aromatic carbocycles. The Labute approximate surface area is 122 Å². The van der Waals surface area contributed by atoms with E-state index in [0.717, 1.165) is 6.20 Å². The van der Waals surface area contributed by atoms with Gasteiger partial charge in [-0.25, -0.2) is 0 Å². The number of carbonyl (C=O) groups excluding carboxylic acids is 1. The second kappa shape index (κ2) is 6.39. The molecule has 1 aromatic rings. The van der Waals surface area contributed by atoms with Gasteiger partial charge < -0.3 is 4.90 Å². The van der Waals surface area contributed by atoms with Crippen molar-refractivity contribution in [2.45, 2.75) is 0 Å². The van der Waals surface area contributed by atoms with Gasteiger partial charge in [-0.2, -0.15) is 0 Å². The summed E-state index contributed by atoms with van der Waals surface area (Å²) < 4.78 is 0. The smallest absolute Gasteiger partial charge is 0.291 e. The summed E-state index contributed by atoms with van der Waals surface area (Å²) in [6.45, 7) is 0. The summed E-state index contributed by atoms with van der Waals surface area (Å²) in [4.78, 5) is 42.4. The van der Waals surface area contributed by atoms with Crippen molar-refractivity contribution in [3.63, 3.8) is 0 Å². The van der Waals surface area contributed by atoms with Gasteiger partial charge in [0, 0.05) is 20.3 Å². The average molecular weight is 310 g/mol. The van der Waals surface area contributed by atoms with Crippen LogP contribution in [0.25, 0.3) is 5.57 Å². The molecule has 0 saturated heterocycles. The van der Waals surface area contributed by atoms with Crippen LogP contribution < -0.4 is 0 Å². The van der Waals surface area contributed by atoms with Crippen LogP contribution in [0.3, 0.4) is 0 Å². The third-order valence-electron chi connectivity index (χ3n) is 2.50. The fourth-order valence-electron chi connectivity index (χ4n) is 1.72. The molecule has 0 spiro atoms. The van der Waals surface area contributed by atoms with Gasteiger partial charge in [0.25, 0.3) is 17.1 Å². The second-order valence-electron chi connectivity index (χ2n) is 4.30. The van der Waals surface area contributed by atoms with Crippen LogP contribution in [0.2, 0.25) is 0 Å². The van der Waals surface area contributed by atoms with Crippen molar-refractivity contribution in [1.82, 2.24) is 4.90 Å². The Morgan fingerprint density at radius 3 is 1.73 bits per heavy atom.